The van der Waals surface area contributed by atoms with Crippen LogP contribution in [0, 0.1) is 12.8 Å². The van der Waals surface area contributed by atoms with Crippen LogP contribution in [0.4, 0.5) is 0 Å². The van der Waals surface area contributed by atoms with Crippen LogP contribution in [0.2, 0.25) is 0 Å². The molecule has 0 aliphatic heterocycles. The molecule has 2 N–H and O–H groups in total. The Bertz CT molecular complexity index is 279. The second kappa shape index (κ2) is 3.54. The molecule has 0 unspecified atom stereocenters. The van der Waals surface area contributed by atoms with Crippen molar-refractivity contribution in [1.82, 2.24) is 0 Å². The third kappa shape index (κ3) is 1.94. The minimum absolute atomic E-state index is 0.394. The Morgan fingerprint density at radius 3 is 2.85 bits per heavy atom. The van der Waals surface area contributed by atoms with Gasteiger partial charge in [-0.3, -0.25) is 0 Å². The van der Waals surface area contributed by atoms with Crippen molar-refractivity contribution in [3.63, 3.8) is 0 Å². The van der Waals surface area contributed by atoms with Gasteiger partial charge in [0.15, 0.2) is 0 Å². The Labute approximate surface area is 79.1 Å². The summed E-state index contributed by atoms with van der Waals surface area (Å²) in [7, 11) is 0. The average molecular weight is 179 g/mol. The maximum atomic E-state index is 5.99. The van der Waals surface area contributed by atoms with Gasteiger partial charge >= 0.3 is 0 Å². The number of aryl methyl sites for hydroxylation is 1. The standard InChI is InChI=1S/C11H17NO/c1-8-5-6-10(13-8)7-9-3-2-4-11(9)12/h5-6,9,11H,2-4,7,12H2,1H3/t9-,11+/m1/s1. The van der Waals surface area contributed by atoms with Crippen molar-refractivity contribution in [2.24, 2.45) is 11.7 Å². The lowest BCUT2D eigenvalue weighted by atomic mass is 9.99. The largest absolute Gasteiger partial charge is 0.466 e. The smallest absolute Gasteiger partial charge is 0.104 e. The van der Waals surface area contributed by atoms with E-state index in [4.69, 9.17) is 10.2 Å². The highest BCUT2D eigenvalue weighted by Crippen LogP contribution is 2.27. The predicted molar refractivity (Wildman–Crippen MR) is 52.5 cm³/mol. The van der Waals surface area contributed by atoms with Gasteiger partial charge in [-0.2, -0.15) is 0 Å². The van der Waals surface area contributed by atoms with Crippen molar-refractivity contribution < 1.29 is 4.42 Å². The molecular weight excluding hydrogens is 162 g/mol. The maximum absolute atomic E-state index is 5.99. The summed E-state index contributed by atoms with van der Waals surface area (Å²) in [5.41, 5.74) is 5.99. The fourth-order valence-electron chi connectivity index (χ4n) is 2.17. The summed E-state index contributed by atoms with van der Waals surface area (Å²) >= 11 is 0. The summed E-state index contributed by atoms with van der Waals surface area (Å²) in [6.07, 6.45) is 4.76. The maximum Gasteiger partial charge on any atom is 0.104 e. The lowest BCUT2D eigenvalue weighted by molar-refractivity contribution is 0.406. The van der Waals surface area contributed by atoms with E-state index in [0.29, 0.717) is 12.0 Å². The van der Waals surface area contributed by atoms with Gasteiger partial charge in [0.05, 0.1) is 0 Å². The van der Waals surface area contributed by atoms with Crippen molar-refractivity contribution in [2.45, 2.75) is 38.6 Å². The van der Waals surface area contributed by atoms with E-state index in [-0.39, 0.29) is 0 Å². The molecule has 1 aromatic heterocycles. The highest BCUT2D eigenvalue weighted by Gasteiger charge is 2.24. The predicted octanol–water partition coefficient (Wildman–Crippen LogP) is 2.26. The molecule has 72 valence electrons. The Morgan fingerprint density at radius 2 is 2.31 bits per heavy atom. The molecule has 1 saturated carbocycles. The van der Waals surface area contributed by atoms with E-state index < -0.39 is 0 Å². The SMILES string of the molecule is Cc1ccc(C[C@H]2CCC[C@@H]2N)o1. The molecule has 2 atom stereocenters. The molecule has 0 amide bonds. The van der Waals surface area contributed by atoms with E-state index >= 15 is 0 Å². The van der Waals surface area contributed by atoms with Crippen LogP contribution in [0.25, 0.3) is 0 Å². The molecular formula is C11H17NO. The normalized spacial score (nSPS) is 28.2. The third-order valence-electron chi connectivity index (χ3n) is 2.98. The molecule has 0 radical (unpaired) electrons. The third-order valence-corrected chi connectivity index (χ3v) is 2.98. The number of hydrogen-bond acceptors (Lipinski definition) is 2. The first-order chi connectivity index (χ1) is 6.25. The molecule has 13 heavy (non-hydrogen) atoms. The van der Waals surface area contributed by atoms with Gasteiger partial charge in [-0.1, -0.05) is 6.42 Å². The Hall–Kier alpha value is -0.760. The number of nitrogens with two attached hydrogens (primary N) is 1. The van der Waals surface area contributed by atoms with Crippen LogP contribution in [0.1, 0.15) is 30.8 Å². The highest BCUT2D eigenvalue weighted by atomic mass is 16.3. The van der Waals surface area contributed by atoms with Crippen LogP contribution >= 0.6 is 0 Å². The molecule has 2 rings (SSSR count). The van der Waals surface area contributed by atoms with Gasteiger partial charge < -0.3 is 10.2 Å². The molecule has 2 nitrogen and oxygen atoms in total. The monoisotopic (exact) mass is 179 g/mol. The summed E-state index contributed by atoms with van der Waals surface area (Å²) in [5.74, 6) is 2.74. The van der Waals surface area contributed by atoms with Crippen molar-refractivity contribution in [3.8, 4) is 0 Å². The molecule has 1 aromatic rings. The van der Waals surface area contributed by atoms with Crippen molar-refractivity contribution in [1.29, 1.82) is 0 Å². The lowest BCUT2D eigenvalue weighted by Crippen LogP contribution is -2.25. The van der Waals surface area contributed by atoms with Gasteiger partial charge in [0, 0.05) is 12.5 Å². The summed E-state index contributed by atoms with van der Waals surface area (Å²) < 4.78 is 5.54. The van der Waals surface area contributed by atoms with Crippen LogP contribution in [-0.4, -0.2) is 6.04 Å². The van der Waals surface area contributed by atoms with Gasteiger partial charge in [0.1, 0.15) is 11.5 Å². The number of furan rings is 1. The molecule has 1 heterocycles. The van der Waals surface area contributed by atoms with E-state index in [0.717, 1.165) is 17.9 Å². The van der Waals surface area contributed by atoms with Gasteiger partial charge in [0.2, 0.25) is 0 Å². The molecule has 0 bridgehead atoms. The second-order valence-electron chi connectivity index (χ2n) is 4.07. The van der Waals surface area contributed by atoms with E-state index in [1.165, 1.54) is 19.3 Å². The molecule has 2 heteroatoms. The Balaban J connectivity index is 1.97. The highest BCUT2D eigenvalue weighted by molar-refractivity contribution is 5.07. The van der Waals surface area contributed by atoms with Crippen LogP contribution in [0.3, 0.4) is 0 Å². The van der Waals surface area contributed by atoms with Gasteiger partial charge in [-0.15, -0.1) is 0 Å². The summed E-state index contributed by atoms with van der Waals surface area (Å²) in [4.78, 5) is 0. The van der Waals surface area contributed by atoms with Crippen molar-refractivity contribution >= 4 is 0 Å². The fraction of sp³-hybridized carbons (Fsp3) is 0.636. The number of rotatable bonds is 2. The molecule has 1 aliphatic rings. The van der Waals surface area contributed by atoms with Crippen LogP contribution in [0.5, 0.6) is 0 Å². The topological polar surface area (TPSA) is 39.2 Å². The van der Waals surface area contributed by atoms with Gasteiger partial charge in [-0.05, 0) is 37.8 Å². The first-order valence-corrected chi connectivity index (χ1v) is 5.06. The van der Waals surface area contributed by atoms with Crippen molar-refractivity contribution in [2.75, 3.05) is 0 Å². The number of hydrogen-bond donors (Lipinski definition) is 1. The van der Waals surface area contributed by atoms with E-state index in [1.54, 1.807) is 0 Å². The molecule has 0 saturated heterocycles. The fourth-order valence-corrected chi connectivity index (χ4v) is 2.17. The quantitative estimate of drug-likeness (QED) is 0.756. The van der Waals surface area contributed by atoms with Gasteiger partial charge in [0.25, 0.3) is 0 Å². The van der Waals surface area contributed by atoms with Crippen LogP contribution < -0.4 is 5.73 Å². The van der Waals surface area contributed by atoms with Gasteiger partial charge in [-0.25, -0.2) is 0 Å². The summed E-state index contributed by atoms with van der Waals surface area (Å²) in [5, 5.41) is 0. The minimum atomic E-state index is 0.394. The first-order valence-electron chi connectivity index (χ1n) is 5.06. The zero-order valence-corrected chi connectivity index (χ0v) is 8.12. The van der Waals surface area contributed by atoms with E-state index in [2.05, 4.69) is 6.07 Å². The first kappa shape index (κ1) is 8.82. The molecule has 1 aliphatic carbocycles. The zero-order valence-electron chi connectivity index (χ0n) is 8.12. The Kier molecular flexibility index (Phi) is 2.40. The lowest BCUT2D eigenvalue weighted by Gasteiger charge is -2.12. The molecule has 0 spiro atoms. The average Bonchev–Trinajstić information content (AvgIpc) is 2.64. The van der Waals surface area contributed by atoms with Crippen LogP contribution in [0.15, 0.2) is 16.5 Å². The summed E-state index contributed by atoms with van der Waals surface area (Å²) in [6, 6.07) is 4.49. The van der Waals surface area contributed by atoms with E-state index in [9.17, 15) is 0 Å². The van der Waals surface area contributed by atoms with E-state index in [1.807, 2.05) is 13.0 Å². The zero-order chi connectivity index (χ0) is 9.26. The molecule has 1 fully saturated rings. The minimum Gasteiger partial charge on any atom is -0.466 e. The summed E-state index contributed by atoms with van der Waals surface area (Å²) in [6.45, 7) is 1.98. The van der Waals surface area contributed by atoms with Crippen LogP contribution in [-0.2, 0) is 6.42 Å². The second-order valence-corrected chi connectivity index (χ2v) is 4.07. The Morgan fingerprint density at radius 1 is 1.46 bits per heavy atom. The van der Waals surface area contributed by atoms with Crippen molar-refractivity contribution in [3.05, 3.63) is 23.7 Å². The molecule has 0 aromatic carbocycles.